The summed E-state index contributed by atoms with van der Waals surface area (Å²) in [6.07, 6.45) is 5.14. The first-order valence-corrected chi connectivity index (χ1v) is 8.16. The maximum absolute atomic E-state index is 12.6. The lowest BCUT2D eigenvalue weighted by Gasteiger charge is -2.07. The Morgan fingerprint density at radius 3 is 2.88 bits per heavy atom. The van der Waals surface area contributed by atoms with Gasteiger partial charge in [-0.25, -0.2) is 4.98 Å². The molecule has 0 unspecified atom stereocenters. The van der Waals surface area contributed by atoms with Gasteiger partial charge in [-0.2, -0.15) is 5.26 Å². The molecule has 3 rings (SSSR count). The van der Waals surface area contributed by atoms with Gasteiger partial charge in [-0.1, -0.05) is 0 Å². The molecule has 0 aromatic carbocycles. The van der Waals surface area contributed by atoms with Crippen molar-refractivity contribution < 1.29 is 13.9 Å². The van der Waals surface area contributed by atoms with Gasteiger partial charge in [-0.05, 0) is 37.6 Å². The molecular formula is C19H18N4O3. The van der Waals surface area contributed by atoms with Gasteiger partial charge in [0.2, 0.25) is 11.8 Å². The third-order valence-corrected chi connectivity index (χ3v) is 3.79. The molecule has 1 amide bonds. The van der Waals surface area contributed by atoms with Crippen molar-refractivity contribution in [1.29, 1.82) is 5.26 Å². The van der Waals surface area contributed by atoms with Gasteiger partial charge in [0.15, 0.2) is 0 Å². The third kappa shape index (κ3) is 3.44. The largest absolute Gasteiger partial charge is 0.478 e. The fraction of sp³-hybridized carbons (Fsp3) is 0.211. The maximum atomic E-state index is 12.6. The Labute approximate surface area is 150 Å². The van der Waals surface area contributed by atoms with E-state index in [-0.39, 0.29) is 23.6 Å². The van der Waals surface area contributed by atoms with Gasteiger partial charge in [0.1, 0.15) is 23.0 Å². The van der Waals surface area contributed by atoms with Crippen LogP contribution in [0.5, 0.6) is 5.88 Å². The SMILES string of the molecule is CCOc1cc(CNC(=O)c2c(C)oc(-n3cccc3)c2C#N)ccn1. The molecule has 3 aromatic rings. The summed E-state index contributed by atoms with van der Waals surface area (Å²) in [6, 6.07) is 9.27. The number of carbonyl (C=O) groups is 1. The first-order chi connectivity index (χ1) is 12.6. The van der Waals surface area contributed by atoms with Gasteiger partial charge in [-0.3, -0.25) is 9.36 Å². The zero-order chi connectivity index (χ0) is 18.5. The molecule has 0 radical (unpaired) electrons. The summed E-state index contributed by atoms with van der Waals surface area (Å²) in [6.45, 7) is 4.35. The van der Waals surface area contributed by atoms with Crippen LogP contribution >= 0.6 is 0 Å². The van der Waals surface area contributed by atoms with Crippen LogP contribution in [0.4, 0.5) is 0 Å². The molecular weight excluding hydrogens is 332 g/mol. The fourth-order valence-electron chi connectivity index (χ4n) is 2.62. The zero-order valence-electron chi connectivity index (χ0n) is 14.5. The van der Waals surface area contributed by atoms with E-state index >= 15 is 0 Å². The van der Waals surface area contributed by atoms with Crippen molar-refractivity contribution in [1.82, 2.24) is 14.9 Å². The van der Waals surface area contributed by atoms with Gasteiger partial charge >= 0.3 is 0 Å². The Balaban J connectivity index is 1.80. The highest BCUT2D eigenvalue weighted by atomic mass is 16.5. The number of pyridine rings is 1. The summed E-state index contributed by atoms with van der Waals surface area (Å²) in [5, 5.41) is 12.3. The molecule has 0 saturated carbocycles. The van der Waals surface area contributed by atoms with Crippen molar-refractivity contribution in [3.8, 4) is 17.8 Å². The Hall–Kier alpha value is -3.53. The fourth-order valence-corrected chi connectivity index (χ4v) is 2.62. The van der Waals surface area contributed by atoms with Gasteiger partial charge in [0.05, 0.1) is 6.61 Å². The minimum absolute atomic E-state index is 0.209. The van der Waals surface area contributed by atoms with Crippen molar-refractivity contribution in [3.63, 3.8) is 0 Å². The number of rotatable bonds is 6. The molecule has 1 N–H and O–H groups in total. The molecule has 7 heteroatoms. The predicted octanol–water partition coefficient (Wildman–Crippen LogP) is 2.97. The monoisotopic (exact) mass is 350 g/mol. The number of nitrogens with zero attached hydrogens (tertiary/aromatic N) is 3. The molecule has 132 valence electrons. The first kappa shape index (κ1) is 17.3. The second kappa shape index (κ2) is 7.57. The van der Waals surface area contributed by atoms with Crippen LogP contribution < -0.4 is 10.1 Å². The standard InChI is InChI=1S/C19H18N4O3/c1-3-25-16-10-14(6-7-21-16)12-22-18(24)17-13(2)26-19(15(17)11-20)23-8-4-5-9-23/h4-10H,3,12H2,1-2H3,(H,22,24). The summed E-state index contributed by atoms with van der Waals surface area (Å²) in [5.41, 5.74) is 1.30. The predicted molar refractivity (Wildman–Crippen MR) is 94.1 cm³/mol. The summed E-state index contributed by atoms with van der Waals surface area (Å²) in [5.74, 6) is 0.873. The maximum Gasteiger partial charge on any atom is 0.256 e. The van der Waals surface area contributed by atoms with E-state index in [0.29, 0.717) is 24.1 Å². The van der Waals surface area contributed by atoms with Gasteiger partial charge < -0.3 is 14.5 Å². The van der Waals surface area contributed by atoms with E-state index in [1.54, 1.807) is 42.2 Å². The van der Waals surface area contributed by atoms with Crippen molar-refractivity contribution >= 4 is 5.91 Å². The zero-order valence-corrected chi connectivity index (χ0v) is 14.5. The molecule has 0 spiro atoms. The molecule has 3 heterocycles. The Morgan fingerprint density at radius 2 is 2.19 bits per heavy atom. The van der Waals surface area contributed by atoms with Gasteiger partial charge in [0, 0.05) is 31.2 Å². The summed E-state index contributed by atoms with van der Waals surface area (Å²) in [7, 11) is 0. The van der Waals surface area contributed by atoms with E-state index in [9.17, 15) is 10.1 Å². The van der Waals surface area contributed by atoms with E-state index in [1.165, 1.54) is 0 Å². The van der Waals surface area contributed by atoms with Crippen LogP contribution in [0.1, 0.15) is 34.2 Å². The highest BCUT2D eigenvalue weighted by Gasteiger charge is 2.24. The van der Waals surface area contributed by atoms with E-state index in [4.69, 9.17) is 9.15 Å². The van der Waals surface area contributed by atoms with Crippen molar-refractivity contribution in [2.24, 2.45) is 0 Å². The summed E-state index contributed by atoms with van der Waals surface area (Å²) in [4.78, 5) is 16.7. The van der Waals surface area contributed by atoms with Crippen LogP contribution in [0.2, 0.25) is 0 Å². The van der Waals surface area contributed by atoms with Crippen molar-refractivity contribution in [3.05, 3.63) is 65.3 Å². The van der Waals surface area contributed by atoms with Gasteiger partial charge in [0.25, 0.3) is 5.91 Å². The van der Waals surface area contributed by atoms with Crippen molar-refractivity contribution in [2.75, 3.05) is 6.61 Å². The molecule has 0 saturated heterocycles. The number of nitrogens with one attached hydrogen (secondary N) is 1. The molecule has 0 bridgehead atoms. The molecule has 26 heavy (non-hydrogen) atoms. The lowest BCUT2D eigenvalue weighted by atomic mass is 10.1. The van der Waals surface area contributed by atoms with Crippen LogP contribution in [0.3, 0.4) is 0 Å². The lowest BCUT2D eigenvalue weighted by molar-refractivity contribution is 0.0949. The van der Waals surface area contributed by atoms with Crippen LogP contribution in [-0.4, -0.2) is 22.1 Å². The normalized spacial score (nSPS) is 10.3. The van der Waals surface area contributed by atoms with Crippen molar-refractivity contribution in [2.45, 2.75) is 20.4 Å². The number of carbonyl (C=O) groups excluding carboxylic acids is 1. The van der Waals surface area contributed by atoms with Gasteiger partial charge in [-0.15, -0.1) is 0 Å². The van der Waals surface area contributed by atoms with Crippen LogP contribution in [0.25, 0.3) is 5.88 Å². The second-order valence-corrected chi connectivity index (χ2v) is 5.53. The summed E-state index contributed by atoms with van der Waals surface area (Å²) >= 11 is 0. The van der Waals surface area contributed by atoms with Crippen LogP contribution in [0, 0.1) is 18.3 Å². The molecule has 7 nitrogen and oxygen atoms in total. The number of amides is 1. The summed E-state index contributed by atoms with van der Waals surface area (Å²) < 4.78 is 12.7. The number of hydrogen-bond donors (Lipinski definition) is 1. The van der Waals surface area contributed by atoms with E-state index in [1.807, 2.05) is 19.1 Å². The molecule has 3 aromatic heterocycles. The van der Waals surface area contributed by atoms with E-state index < -0.39 is 0 Å². The number of ether oxygens (including phenoxy) is 1. The third-order valence-electron chi connectivity index (χ3n) is 3.79. The Bertz CT molecular complexity index is 952. The van der Waals surface area contributed by atoms with E-state index in [2.05, 4.69) is 16.4 Å². The van der Waals surface area contributed by atoms with Crippen LogP contribution in [-0.2, 0) is 6.54 Å². The highest BCUT2D eigenvalue weighted by molar-refractivity contribution is 5.98. The molecule has 0 aliphatic carbocycles. The van der Waals surface area contributed by atoms with E-state index in [0.717, 1.165) is 5.56 Å². The number of furan rings is 1. The number of aryl methyl sites for hydroxylation is 1. The van der Waals surface area contributed by atoms with Crippen LogP contribution in [0.15, 0.2) is 47.3 Å². The molecule has 0 atom stereocenters. The average Bonchev–Trinajstić information content (AvgIpc) is 3.27. The quantitative estimate of drug-likeness (QED) is 0.738. The molecule has 0 aliphatic rings. The second-order valence-electron chi connectivity index (χ2n) is 5.53. The minimum atomic E-state index is -0.365. The number of nitriles is 1. The minimum Gasteiger partial charge on any atom is -0.478 e. The first-order valence-electron chi connectivity index (χ1n) is 8.16. The smallest absolute Gasteiger partial charge is 0.256 e. The topological polar surface area (TPSA) is 93.1 Å². The number of aromatic nitrogens is 2. The lowest BCUT2D eigenvalue weighted by Crippen LogP contribution is -2.24. The Morgan fingerprint density at radius 1 is 1.42 bits per heavy atom. The average molecular weight is 350 g/mol. The highest BCUT2D eigenvalue weighted by Crippen LogP contribution is 2.25. The Kier molecular flexibility index (Phi) is 5.04. The molecule has 0 aliphatic heterocycles. The molecule has 0 fully saturated rings. The number of hydrogen-bond acceptors (Lipinski definition) is 5.